The lowest BCUT2D eigenvalue weighted by atomic mass is 9.91. The Morgan fingerprint density at radius 1 is 1.35 bits per heavy atom. The first kappa shape index (κ1) is 17.4. The van der Waals surface area contributed by atoms with E-state index in [1.807, 2.05) is 0 Å². The molecule has 0 radical (unpaired) electrons. The van der Waals surface area contributed by atoms with Crippen molar-refractivity contribution in [3.8, 4) is 0 Å². The maximum Gasteiger partial charge on any atom is 0.414 e. The second-order valence-corrected chi connectivity index (χ2v) is 5.42. The average Bonchev–Trinajstić information content (AvgIpc) is 2.51. The predicted octanol–water partition coefficient (Wildman–Crippen LogP) is 2.40. The van der Waals surface area contributed by atoms with E-state index in [1.165, 1.54) is 29.3 Å². The highest BCUT2D eigenvalue weighted by Gasteiger charge is 2.44. The number of hydrogen-bond donors (Lipinski definition) is 1. The number of hydrogen-bond acceptors (Lipinski definition) is 3. The van der Waals surface area contributed by atoms with Gasteiger partial charge in [0.25, 0.3) is 0 Å². The van der Waals surface area contributed by atoms with Crippen molar-refractivity contribution in [2.24, 2.45) is 5.92 Å². The normalized spacial score (nSPS) is 18.4. The van der Waals surface area contributed by atoms with Crippen LogP contribution in [0, 0.1) is 11.7 Å². The molecule has 1 fully saturated rings. The molecule has 2 heterocycles. The number of aliphatic hydroxyl groups is 1. The molecule has 23 heavy (non-hydrogen) atoms. The number of carbonyl (C=O) groups is 1. The van der Waals surface area contributed by atoms with E-state index in [0.29, 0.717) is 5.56 Å². The molecular formula is C15H16F4N2O2. The van der Waals surface area contributed by atoms with E-state index in [0.717, 1.165) is 6.20 Å². The minimum absolute atomic E-state index is 0.0851. The van der Waals surface area contributed by atoms with Gasteiger partial charge < -0.3 is 10.0 Å². The van der Waals surface area contributed by atoms with Gasteiger partial charge in [0.15, 0.2) is 6.10 Å². The Balaban J connectivity index is 1.89. The number of aliphatic hydroxyl groups excluding tert-OH is 1. The number of halogens is 4. The molecule has 0 saturated carbocycles. The summed E-state index contributed by atoms with van der Waals surface area (Å²) in [5.41, 5.74) is 0.417. The van der Waals surface area contributed by atoms with E-state index in [4.69, 9.17) is 0 Å². The molecule has 1 N–H and O–H groups in total. The van der Waals surface area contributed by atoms with Crippen molar-refractivity contribution in [2.45, 2.75) is 25.1 Å². The summed E-state index contributed by atoms with van der Waals surface area (Å²) in [6, 6.07) is 1.21. The molecule has 0 spiro atoms. The third kappa shape index (κ3) is 4.75. The molecule has 8 heteroatoms. The molecule has 1 aromatic heterocycles. The molecule has 0 aromatic carbocycles. The van der Waals surface area contributed by atoms with Crippen molar-refractivity contribution in [1.82, 2.24) is 9.88 Å². The van der Waals surface area contributed by atoms with Gasteiger partial charge in [0.2, 0.25) is 5.91 Å². The third-order valence-corrected chi connectivity index (χ3v) is 3.78. The summed E-state index contributed by atoms with van der Waals surface area (Å²) in [7, 11) is 0. The summed E-state index contributed by atoms with van der Waals surface area (Å²) < 4.78 is 50.3. The number of carbonyl (C=O) groups excluding carboxylic acids is 1. The van der Waals surface area contributed by atoms with Crippen LogP contribution in [-0.4, -0.2) is 46.3 Å². The summed E-state index contributed by atoms with van der Waals surface area (Å²) in [5, 5.41) is 9.23. The van der Waals surface area contributed by atoms with Gasteiger partial charge in [0, 0.05) is 25.4 Å². The molecule has 1 amide bonds. The Kier molecular flexibility index (Phi) is 5.35. The van der Waals surface area contributed by atoms with Crippen LogP contribution >= 0.6 is 0 Å². The van der Waals surface area contributed by atoms with Crippen LogP contribution in [0.2, 0.25) is 0 Å². The number of likely N-dealkylation sites (tertiary alicyclic amines) is 1. The summed E-state index contributed by atoms with van der Waals surface area (Å²) in [6.45, 7) is 0.283. The Morgan fingerprint density at radius 3 is 2.57 bits per heavy atom. The average molecular weight is 332 g/mol. The van der Waals surface area contributed by atoms with Gasteiger partial charge in [-0.25, -0.2) is 4.39 Å². The lowest BCUT2D eigenvalue weighted by molar-refractivity contribution is -0.222. The van der Waals surface area contributed by atoms with Crippen LogP contribution in [0.4, 0.5) is 17.6 Å². The molecule has 126 valence electrons. The van der Waals surface area contributed by atoms with Gasteiger partial charge in [-0.2, -0.15) is 13.2 Å². The summed E-state index contributed by atoms with van der Waals surface area (Å²) in [5.74, 6) is -1.79. The third-order valence-electron chi connectivity index (χ3n) is 3.78. The first-order valence-corrected chi connectivity index (χ1v) is 7.09. The van der Waals surface area contributed by atoms with Crippen molar-refractivity contribution >= 4 is 12.0 Å². The van der Waals surface area contributed by atoms with Gasteiger partial charge in [-0.15, -0.1) is 0 Å². The van der Waals surface area contributed by atoms with Gasteiger partial charge in [0.05, 0.1) is 6.20 Å². The number of nitrogens with zero attached hydrogens (tertiary/aromatic N) is 2. The number of alkyl halides is 3. The van der Waals surface area contributed by atoms with Crippen LogP contribution in [0.15, 0.2) is 24.5 Å². The highest BCUT2D eigenvalue weighted by atomic mass is 19.4. The molecular weight excluding hydrogens is 316 g/mol. The summed E-state index contributed by atoms with van der Waals surface area (Å²) in [6.07, 6.45) is -1.76. The highest BCUT2D eigenvalue weighted by Crippen LogP contribution is 2.31. The topological polar surface area (TPSA) is 53.4 Å². The molecule has 0 bridgehead atoms. The van der Waals surface area contributed by atoms with Gasteiger partial charge in [-0.05, 0) is 36.5 Å². The Hall–Kier alpha value is -1.96. The van der Waals surface area contributed by atoms with Crippen molar-refractivity contribution in [2.75, 3.05) is 13.1 Å². The van der Waals surface area contributed by atoms with Crippen LogP contribution in [0.5, 0.6) is 0 Å². The van der Waals surface area contributed by atoms with Crippen molar-refractivity contribution in [3.05, 3.63) is 35.9 Å². The lowest BCUT2D eigenvalue weighted by Crippen LogP contribution is -2.44. The van der Waals surface area contributed by atoms with Crippen LogP contribution < -0.4 is 0 Å². The number of amides is 1. The SMILES string of the molecule is O=C(/C=C/c1cncc(F)c1)N1CCC(C(O)C(F)(F)F)CC1. The number of rotatable bonds is 3. The van der Waals surface area contributed by atoms with Crippen molar-refractivity contribution in [1.29, 1.82) is 0 Å². The molecule has 1 aromatic rings. The minimum Gasteiger partial charge on any atom is -0.383 e. The first-order chi connectivity index (χ1) is 10.8. The fourth-order valence-corrected chi connectivity index (χ4v) is 2.50. The highest BCUT2D eigenvalue weighted by molar-refractivity contribution is 5.91. The second-order valence-electron chi connectivity index (χ2n) is 5.42. The zero-order valence-corrected chi connectivity index (χ0v) is 12.1. The first-order valence-electron chi connectivity index (χ1n) is 7.09. The van der Waals surface area contributed by atoms with E-state index in [1.54, 1.807) is 0 Å². The van der Waals surface area contributed by atoms with E-state index in [-0.39, 0.29) is 31.8 Å². The van der Waals surface area contributed by atoms with Crippen LogP contribution in [-0.2, 0) is 4.79 Å². The van der Waals surface area contributed by atoms with Gasteiger partial charge in [0.1, 0.15) is 5.82 Å². The quantitative estimate of drug-likeness (QED) is 0.683. The molecule has 1 aliphatic heterocycles. The Morgan fingerprint density at radius 2 is 2.00 bits per heavy atom. The molecule has 4 nitrogen and oxygen atoms in total. The largest absolute Gasteiger partial charge is 0.414 e. The fraction of sp³-hybridized carbons (Fsp3) is 0.467. The predicted molar refractivity (Wildman–Crippen MR) is 74.6 cm³/mol. The van der Waals surface area contributed by atoms with E-state index in [9.17, 15) is 27.5 Å². The smallest absolute Gasteiger partial charge is 0.383 e. The zero-order chi connectivity index (χ0) is 17.0. The zero-order valence-electron chi connectivity index (χ0n) is 12.1. The van der Waals surface area contributed by atoms with Gasteiger partial charge in [-0.3, -0.25) is 9.78 Å². The molecule has 2 rings (SSSR count). The maximum absolute atomic E-state index is 13.0. The van der Waals surface area contributed by atoms with E-state index in [2.05, 4.69) is 4.98 Å². The minimum atomic E-state index is -4.64. The molecule has 1 aliphatic rings. The molecule has 1 saturated heterocycles. The standard InChI is InChI=1S/C15H16F4N2O2/c16-12-7-10(8-20-9-12)1-2-13(22)21-5-3-11(4-6-21)14(23)15(17,18)19/h1-2,7-9,11,14,23H,3-6H2/b2-1+. The van der Waals surface area contributed by atoms with Crippen molar-refractivity contribution < 1.29 is 27.5 Å². The number of piperidine rings is 1. The fourth-order valence-electron chi connectivity index (χ4n) is 2.50. The van der Waals surface area contributed by atoms with E-state index < -0.39 is 24.0 Å². The summed E-state index contributed by atoms with van der Waals surface area (Å²) >= 11 is 0. The van der Waals surface area contributed by atoms with Gasteiger partial charge in [-0.1, -0.05) is 0 Å². The van der Waals surface area contributed by atoms with Crippen LogP contribution in [0.1, 0.15) is 18.4 Å². The lowest BCUT2D eigenvalue weighted by Gasteiger charge is -2.34. The van der Waals surface area contributed by atoms with Crippen molar-refractivity contribution in [3.63, 3.8) is 0 Å². The molecule has 1 atom stereocenters. The van der Waals surface area contributed by atoms with Gasteiger partial charge >= 0.3 is 6.18 Å². The van der Waals surface area contributed by atoms with Crippen LogP contribution in [0.25, 0.3) is 6.08 Å². The Labute approximate surface area is 130 Å². The second kappa shape index (κ2) is 7.08. The van der Waals surface area contributed by atoms with Crippen LogP contribution in [0.3, 0.4) is 0 Å². The number of aromatic nitrogens is 1. The van der Waals surface area contributed by atoms with E-state index >= 15 is 0 Å². The number of pyridine rings is 1. The Bertz CT molecular complexity index is 581. The summed E-state index contributed by atoms with van der Waals surface area (Å²) in [4.78, 5) is 17.0. The maximum atomic E-state index is 13.0. The molecule has 1 unspecified atom stereocenters. The monoisotopic (exact) mass is 332 g/mol. The molecule has 0 aliphatic carbocycles.